The summed E-state index contributed by atoms with van der Waals surface area (Å²) in [6.45, 7) is 1.75. The molecule has 1 aliphatic heterocycles. The molecule has 5 nitrogen and oxygen atoms in total. The van der Waals surface area contributed by atoms with Crippen LogP contribution in [-0.2, 0) is 0 Å². The van der Waals surface area contributed by atoms with E-state index >= 15 is 0 Å². The molecule has 18 heavy (non-hydrogen) atoms. The number of carboxylic acid groups (broad SMARTS) is 1. The van der Waals surface area contributed by atoms with Crippen molar-refractivity contribution in [2.24, 2.45) is 0 Å². The second-order valence-corrected chi connectivity index (χ2v) is 4.20. The average Bonchev–Trinajstić information content (AvgIpc) is 2.69. The number of carbonyl (C=O) groups is 1. The summed E-state index contributed by atoms with van der Waals surface area (Å²) >= 11 is 0. The molecule has 1 aromatic rings. The van der Waals surface area contributed by atoms with E-state index in [4.69, 9.17) is 5.11 Å². The fourth-order valence-corrected chi connectivity index (χ4v) is 2.06. The Bertz CT molecular complexity index is 469. The molecule has 0 radical (unpaired) electrons. The van der Waals surface area contributed by atoms with Crippen molar-refractivity contribution in [1.29, 1.82) is 0 Å². The molecule has 2 atom stereocenters. The number of aromatic nitrogens is 2. The second-order valence-electron chi connectivity index (χ2n) is 4.20. The summed E-state index contributed by atoms with van der Waals surface area (Å²) in [6.07, 6.45) is -3.15. The minimum Gasteiger partial charge on any atom is -0.477 e. The molecule has 2 rings (SSSR count). The number of fused-ring (bicyclic) bond motifs is 1. The first kappa shape index (κ1) is 12.7. The van der Waals surface area contributed by atoms with Gasteiger partial charge in [-0.2, -0.15) is 18.3 Å². The van der Waals surface area contributed by atoms with Gasteiger partial charge in [-0.05, 0) is 12.8 Å². The van der Waals surface area contributed by atoms with E-state index in [9.17, 15) is 18.0 Å². The van der Waals surface area contributed by atoms with Crippen LogP contribution in [0.5, 0.6) is 0 Å². The number of halogens is 3. The van der Waals surface area contributed by atoms with Gasteiger partial charge in [-0.25, -0.2) is 9.48 Å². The Morgan fingerprint density at radius 1 is 1.67 bits per heavy atom. The SMILES string of the molecule is CC[C@H]1C[C@@H](C(F)(F)F)n2ncc(C(=O)O)c2N1. The Labute approximate surface area is 101 Å². The Kier molecular flexibility index (Phi) is 2.95. The summed E-state index contributed by atoms with van der Waals surface area (Å²) in [5, 5.41) is 15.2. The van der Waals surface area contributed by atoms with Crippen LogP contribution in [0.4, 0.5) is 19.0 Å². The van der Waals surface area contributed by atoms with Crippen LogP contribution < -0.4 is 5.32 Å². The fraction of sp³-hybridized carbons (Fsp3) is 0.600. The Morgan fingerprint density at radius 3 is 2.83 bits per heavy atom. The third kappa shape index (κ3) is 2.02. The molecule has 2 N–H and O–H groups in total. The molecule has 0 saturated heterocycles. The number of carboxylic acids is 1. The normalized spacial score (nSPS) is 23.3. The standard InChI is InChI=1S/C10H12F3N3O2/c1-2-5-3-7(10(11,12)13)16-8(15-5)6(4-14-16)9(17)18/h4-5,7,15H,2-3H2,1H3,(H,17,18)/t5-,7-/m0/s1. The lowest BCUT2D eigenvalue weighted by Crippen LogP contribution is -2.39. The topological polar surface area (TPSA) is 67.2 Å². The highest BCUT2D eigenvalue weighted by molar-refractivity contribution is 5.93. The van der Waals surface area contributed by atoms with Gasteiger partial charge in [0.05, 0.1) is 6.20 Å². The molecule has 0 saturated carbocycles. The maximum atomic E-state index is 12.9. The van der Waals surface area contributed by atoms with Gasteiger partial charge in [-0.1, -0.05) is 6.92 Å². The van der Waals surface area contributed by atoms with E-state index in [1.165, 1.54) is 0 Å². The van der Waals surface area contributed by atoms with Crippen molar-refractivity contribution in [2.75, 3.05) is 5.32 Å². The zero-order chi connectivity index (χ0) is 13.5. The molecule has 0 spiro atoms. The molecule has 1 aromatic heterocycles. The zero-order valence-corrected chi connectivity index (χ0v) is 9.53. The van der Waals surface area contributed by atoms with Crippen LogP contribution in [0.15, 0.2) is 6.20 Å². The summed E-state index contributed by atoms with van der Waals surface area (Å²) in [4.78, 5) is 10.9. The zero-order valence-electron chi connectivity index (χ0n) is 9.53. The maximum Gasteiger partial charge on any atom is 0.410 e. The van der Waals surface area contributed by atoms with E-state index in [1.807, 2.05) is 0 Å². The third-order valence-electron chi connectivity index (χ3n) is 3.04. The van der Waals surface area contributed by atoms with Gasteiger partial charge in [0.2, 0.25) is 0 Å². The van der Waals surface area contributed by atoms with E-state index in [1.54, 1.807) is 6.92 Å². The van der Waals surface area contributed by atoms with Gasteiger partial charge in [-0.15, -0.1) is 0 Å². The molecule has 0 amide bonds. The van der Waals surface area contributed by atoms with Crippen LogP contribution in [0.1, 0.15) is 36.2 Å². The minimum atomic E-state index is -4.44. The van der Waals surface area contributed by atoms with Crippen LogP contribution in [0, 0.1) is 0 Å². The van der Waals surface area contributed by atoms with Crippen molar-refractivity contribution < 1.29 is 23.1 Å². The molecular weight excluding hydrogens is 251 g/mol. The lowest BCUT2D eigenvalue weighted by Gasteiger charge is -2.33. The van der Waals surface area contributed by atoms with Crippen LogP contribution in [0.3, 0.4) is 0 Å². The van der Waals surface area contributed by atoms with E-state index < -0.39 is 24.2 Å². The predicted octanol–water partition coefficient (Wildman–Crippen LogP) is 2.28. The number of rotatable bonds is 2. The van der Waals surface area contributed by atoms with Crippen LogP contribution >= 0.6 is 0 Å². The molecule has 2 heterocycles. The number of anilines is 1. The van der Waals surface area contributed by atoms with E-state index in [0.29, 0.717) is 6.42 Å². The number of alkyl halides is 3. The number of nitrogens with zero attached hydrogens (tertiary/aromatic N) is 2. The molecular formula is C10H12F3N3O2. The summed E-state index contributed by atoms with van der Waals surface area (Å²) in [7, 11) is 0. The van der Waals surface area contributed by atoms with Gasteiger partial charge in [0.25, 0.3) is 0 Å². The molecule has 100 valence electrons. The van der Waals surface area contributed by atoms with E-state index in [0.717, 1.165) is 10.9 Å². The van der Waals surface area contributed by atoms with Gasteiger partial charge in [-0.3, -0.25) is 0 Å². The lowest BCUT2D eigenvalue weighted by molar-refractivity contribution is -0.173. The largest absolute Gasteiger partial charge is 0.477 e. The third-order valence-corrected chi connectivity index (χ3v) is 3.04. The first-order chi connectivity index (χ1) is 8.34. The van der Waals surface area contributed by atoms with Gasteiger partial charge in [0.1, 0.15) is 11.4 Å². The number of aromatic carboxylic acids is 1. The van der Waals surface area contributed by atoms with Crippen molar-refractivity contribution in [3.05, 3.63) is 11.8 Å². The van der Waals surface area contributed by atoms with Crippen LogP contribution in [0.2, 0.25) is 0 Å². The summed E-state index contributed by atoms with van der Waals surface area (Å²) in [6, 6.07) is -2.18. The Morgan fingerprint density at radius 2 is 2.33 bits per heavy atom. The predicted molar refractivity (Wildman–Crippen MR) is 56.6 cm³/mol. The monoisotopic (exact) mass is 263 g/mol. The van der Waals surface area contributed by atoms with E-state index in [2.05, 4.69) is 10.4 Å². The van der Waals surface area contributed by atoms with Crippen molar-refractivity contribution in [3.63, 3.8) is 0 Å². The molecule has 0 aliphatic carbocycles. The Balaban J connectivity index is 2.47. The summed E-state index contributed by atoms with van der Waals surface area (Å²) in [5.41, 5.74) is -0.234. The van der Waals surface area contributed by atoms with Gasteiger partial charge >= 0.3 is 12.1 Å². The highest BCUT2D eigenvalue weighted by Gasteiger charge is 2.46. The van der Waals surface area contributed by atoms with Crippen LogP contribution in [0.25, 0.3) is 0 Å². The highest BCUT2D eigenvalue weighted by Crippen LogP contribution is 2.40. The molecule has 8 heteroatoms. The minimum absolute atomic E-state index is 0.0667. The van der Waals surface area contributed by atoms with Gasteiger partial charge in [0.15, 0.2) is 6.04 Å². The summed E-state index contributed by atoms with van der Waals surface area (Å²) < 4.78 is 39.4. The van der Waals surface area contributed by atoms with Crippen molar-refractivity contribution in [3.8, 4) is 0 Å². The first-order valence-electron chi connectivity index (χ1n) is 5.48. The molecule has 0 fully saturated rings. The van der Waals surface area contributed by atoms with Gasteiger partial charge < -0.3 is 10.4 Å². The quantitative estimate of drug-likeness (QED) is 0.859. The van der Waals surface area contributed by atoms with Crippen LogP contribution in [-0.4, -0.2) is 33.1 Å². The molecule has 0 aromatic carbocycles. The number of hydrogen-bond acceptors (Lipinski definition) is 3. The fourth-order valence-electron chi connectivity index (χ4n) is 2.06. The molecule has 0 bridgehead atoms. The van der Waals surface area contributed by atoms with E-state index in [-0.39, 0.29) is 17.8 Å². The van der Waals surface area contributed by atoms with Crippen molar-refractivity contribution in [1.82, 2.24) is 9.78 Å². The number of nitrogens with one attached hydrogen (secondary N) is 1. The Hall–Kier alpha value is -1.73. The molecule has 0 unspecified atom stereocenters. The second kappa shape index (κ2) is 4.18. The lowest BCUT2D eigenvalue weighted by atomic mass is 10.0. The maximum absolute atomic E-state index is 12.9. The van der Waals surface area contributed by atoms with Gasteiger partial charge in [0, 0.05) is 6.04 Å². The summed E-state index contributed by atoms with van der Waals surface area (Å²) in [5.74, 6) is -1.36. The van der Waals surface area contributed by atoms with Crippen molar-refractivity contribution >= 4 is 11.8 Å². The first-order valence-corrected chi connectivity index (χ1v) is 5.48. The van der Waals surface area contributed by atoms with Crippen molar-refractivity contribution in [2.45, 2.75) is 38.0 Å². The number of hydrogen-bond donors (Lipinski definition) is 2. The smallest absolute Gasteiger partial charge is 0.410 e. The average molecular weight is 263 g/mol. The molecule has 1 aliphatic rings. The highest BCUT2D eigenvalue weighted by atomic mass is 19.4.